The molecule has 1 fully saturated rings. The third-order valence-electron chi connectivity index (χ3n) is 0.380. The largest absolute Gasteiger partial charge is 0.590 e. The highest BCUT2D eigenvalue weighted by Gasteiger charge is 2.39. The summed E-state index contributed by atoms with van der Waals surface area (Å²) in [4.78, 5) is 8.11. The van der Waals surface area contributed by atoms with E-state index < -0.39 is 7.82 Å². The maximum absolute atomic E-state index is 9.90. The number of rotatable bonds is 0. The van der Waals surface area contributed by atoms with Gasteiger partial charge in [0.25, 0.3) is 0 Å². The van der Waals surface area contributed by atoms with E-state index in [1.54, 1.807) is 0 Å². The molecule has 0 aromatic rings. The highest BCUT2D eigenvalue weighted by molar-refractivity contribution is 7.81. The fourth-order valence-corrected chi connectivity index (χ4v) is 1.15. The lowest BCUT2D eigenvalue weighted by atomic mass is 11.5. The molecule has 1 N–H and O–H groups in total. The van der Waals surface area contributed by atoms with Crippen molar-refractivity contribution in [2.75, 3.05) is 0 Å². The zero-order chi connectivity index (χ0) is 5.49. The number of phosphoric acid groups is 1. The molecule has 0 radical (unpaired) electrons. The highest BCUT2D eigenvalue weighted by Crippen LogP contribution is 2.52. The lowest BCUT2D eigenvalue weighted by Crippen LogP contribution is -2.15. The molecule has 1 saturated heterocycles. The average molecular weight is 140 g/mol. The van der Waals surface area contributed by atoms with E-state index in [2.05, 4.69) is 21.3 Å². The maximum atomic E-state index is 9.90. The summed E-state index contributed by atoms with van der Waals surface area (Å²) in [6.07, 6.45) is 0. The summed E-state index contributed by atoms with van der Waals surface area (Å²) in [7, 11) is -3.66. The van der Waals surface area contributed by atoms with Gasteiger partial charge in [-0.2, -0.15) is 0 Å². The van der Waals surface area contributed by atoms with Crippen molar-refractivity contribution in [3.63, 3.8) is 0 Å². The number of phosphoric ester groups is 1. The fourth-order valence-electron chi connectivity index (χ4n) is 0.195. The van der Waals surface area contributed by atoms with E-state index >= 15 is 0 Å². The van der Waals surface area contributed by atoms with Crippen LogP contribution in [0.4, 0.5) is 0 Å². The van der Waals surface area contributed by atoms with Gasteiger partial charge in [0.1, 0.15) is 0 Å². The van der Waals surface area contributed by atoms with Crippen molar-refractivity contribution in [1.82, 2.24) is 0 Å². The molecule has 0 atom stereocenters. The Morgan fingerprint density at radius 1 is 1.71 bits per heavy atom. The van der Waals surface area contributed by atoms with E-state index in [0.29, 0.717) is 0 Å². The minimum Gasteiger partial charge on any atom is -0.352 e. The molecule has 1 heterocycles. The van der Waals surface area contributed by atoms with Crippen molar-refractivity contribution in [3.05, 3.63) is 0 Å². The summed E-state index contributed by atoms with van der Waals surface area (Å²) >= 11 is 4.16. The molecule has 4 nitrogen and oxygen atoms in total. The van der Waals surface area contributed by atoms with Gasteiger partial charge in [-0.25, -0.2) is 4.57 Å². The van der Waals surface area contributed by atoms with E-state index in [-0.39, 0.29) is 5.24 Å². The second-order valence-corrected chi connectivity index (χ2v) is 2.54. The van der Waals surface area contributed by atoms with Crippen LogP contribution in [0.3, 0.4) is 0 Å². The van der Waals surface area contributed by atoms with Gasteiger partial charge in [-0.3, -0.25) is 4.89 Å². The van der Waals surface area contributed by atoms with Crippen molar-refractivity contribution in [3.8, 4) is 0 Å². The molecule has 0 aromatic heterocycles. The van der Waals surface area contributed by atoms with Gasteiger partial charge in [0.05, 0.1) is 0 Å². The fraction of sp³-hybridized carbons (Fsp3) is 0. The second kappa shape index (κ2) is 1.18. The average Bonchev–Trinajstić information content (AvgIpc) is 1.27. The predicted octanol–water partition coefficient (Wildman–Crippen LogP) is 0.418. The summed E-state index contributed by atoms with van der Waals surface area (Å²) in [5.41, 5.74) is 0. The first-order chi connectivity index (χ1) is 3.10. The highest BCUT2D eigenvalue weighted by atomic mass is 32.1. The maximum Gasteiger partial charge on any atom is 0.590 e. The van der Waals surface area contributed by atoms with E-state index in [1.807, 2.05) is 0 Å². The zero-order valence-corrected chi connectivity index (χ0v) is 4.74. The smallest absolute Gasteiger partial charge is 0.352 e. The van der Waals surface area contributed by atoms with Crippen LogP contribution in [-0.4, -0.2) is 10.1 Å². The summed E-state index contributed by atoms with van der Waals surface area (Å²) in [5, 5.41) is -0.258. The van der Waals surface area contributed by atoms with Gasteiger partial charge in [0.2, 0.25) is 0 Å². The van der Waals surface area contributed by atoms with Crippen molar-refractivity contribution in [1.29, 1.82) is 0 Å². The van der Waals surface area contributed by atoms with Crippen LogP contribution in [0, 0.1) is 0 Å². The van der Waals surface area contributed by atoms with Gasteiger partial charge >= 0.3 is 13.1 Å². The first kappa shape index (κ1) is 5.03. The molecular formula is CHO4PS. The topological polar surface area (TPSA) is 55.8 Å². The number of hydrogen-bond donors (Lipinski definition) is 1. The first-order valence-electron chi connectivity index (χ1n) is 1.36. The zero-order valence-electron chi connectivity index (χ0n) is 3.03. The Kier molecular flexibility index (Phi) is 0.849. The van der Waals surface area contributed by atoms with Crippen LogP contribution in [0.25, 0.3) is 0 Å². The van der Waals surface area contributed by atoms with E-state index in [1.165, 1.54) is 0 Å². The Morgan fingerprint density at radius 2 is 2.14 bits per heavy atom. The molecule has 1 aliphatic heterocycles. The minimum absolute atomic E-state index is 0.258. The molecule has 0 amide bonds. The molecule has 0 aromatic carbocycles. The van der Waals surface area contributed by atoms with E-state index in [4.69, 9.17) is 4.89 Å². The van der Waals surface area contributed by atoms with E-state index in [9.17, 15) is 4.57 Å². The van der Waals surface area contributed by atoms with Crippen LogP contribution in [0.15, 0.2) is 0 Å². The molecule has 0 spiro atoms. The van der Waals surface area contributed by atoms with Crippen LogP contribution < -0.4 is 0 Å². The van der Waals surface area contributed by atoms with Crippen LogP contribution >= 0.6 is 20.0 Å². The van der Waals surface area contributed by atoms with Crippen molar-refractivity contribution < 1.29 is 18.5 Å². The van der Waals surface area contributed by atoms with Crippen LogP contribution in [0.2, 0.25) is 0 Å². The van der Waals surface area contributed by atoms with Crippen LogP contribution in [0.5, 0.6) is 0 Å². The Balaban J connectivity index is 2.60. The Bertz CT molecular complexity index is 140. The van der Waals surface area contributed by atoms with Crippen LogP contribution in [0.1, 0.15) is 0 Å². The molecule has 6 heteroatoms. The first-order valence-corrected chi connectivity index (χ1v) is 3.26. The normalized spacial score (nSPS) is 24.4. The number of hydrogen-bond acceptors (Lipinski definition) is 4. The summed E-state index contributed by atoms with van der Waals surface area (Å²) in [6.45, 7) is 0. The quantitative estimate of drug-likeness (QED) is 0.390. The van der Waals surface area contributed by atoms with Crippen molar-refractivity contribution in [2.45, 2.75) is 0 Å². The summed E-state index contributed by atoms with van der Waals surface area (Å²) in [5.74, 6) is 0. The minimum atomic E-state index is -3.66. The molecule has 1 rings (SSSR count). The summed E-state index contributed by atoms with van der Waals surface area (Å²) in [6, 6.07) is 0. The predicted molar refractivity (Wildman–Crippen MR) is 24.6 cm³/mol. The second-order valence-electron chi connectivity index (χ2n) is 0.901. The molecule has 7 heavy (non-hydrogen) atoms. The SMILES string of the molecule is O=P1(O)OC(=S)O1. The Hall–Kier alpha value is -0.120. The lowest BCUT2D eigenvalue weighted by molar-refractivity contribution is 0.187. The van der Waals surface area contributed by atoms with Gasteiger partial charge in [-0.15, -0.1) is 0 Å². The van der Waals surface area contributed by atoms with Crippen molar-refractivity contribution in [2.24, 2.45) is 0 Å². The molecule has 0 bridgehead atoms. The monoisotopic (exact) mass is 140 g/mol. The summed E-state index contributed by atoms with van der Waals surface area (Å²) < 4.78 is 17.8. The Morgan fingerprint density at radius 3 is 2.14 bits per heavy atom. The van der Waals surface area contributed by atoms with Gasteiger partial charge in [-0.05, 0) is 0 Å². The molecule has 0 saturated carbocycles. The van der Waals surface area contributed by atoms with Crippen molar-refractivity contribution >= 4 is 25.3 Å². The third kappa shape index (κ3) is 0.907. The van der Waals surface area contributed by atoms with Crippen LogP contribution in [-0.2, 0) is 13.6 Å². The lowest BCUT2D eigenvalue weighted by Gasteiger charge is -2.20. The molecule has 0 aliphatic carbocycles. The van der Waals surface area contributed by atoms with Gasteiger partial charge in [-0.1, -0.05) is 0 Å². The van der Waals surface area contributed by atoms with Gasteiger partial charge < -0.3 is 9.05 Å². The van der Waals surface area contributed by atoms with E-state index in [0.717, 1.165) is 0 Å². The Labute approximate surface area is 44.7 Å². The van der Waals surface area contributed by atoms with Gasteiger partial charge in [0.15, 0.2) is 0 Å². The van der Waals surface area contributed by atoms with Gasteiger partial charge in [0, 0.05) is 12.2 Å². The molecule has 1 aliphatic rings. The standard InChI is InChI=1S/CHO4PS/c2-6(3)4-1(7)5-6/h(H,2,3). The molecule has 40 valence electrons. The molecule has 0 unspecified atom stereocenters. The third-order valence-corrected chi connectivity index (χ3v) is 1.59. The number of thiocarbonyl (C=S) groups is 1. The molecular weight excluding hydrogens is 139 g/mol.